The lowest BCUT2D eigenvalue weighted by molar-refractivity contribution is -0.111. The lowest BCUT2D eigenvalue weighted by Crippen LogP contribution is -2.29. The second kappa shape index (κ2) is 12.3. The number of carbonyl (C=O) groups excluding carboxylic acids is 2. The van der Waals surface area contributed by atoms with E-state index in [2.05, 4.69) is 33.2 Å². The Morgan fingerprint density at radius 2 is 1.87 bits per heavy atom. The molecule has 10 heteroatoms. The molecule has 1 heterocycles. The Kier molecular flexibility index (Phi) is 8.85. The second-order valence-corrected chi connectivity index (χ2v) is 10.9. The molecule has 0 aromatic heterocycles. The molecule has 5 N–H and O–H groups in total. The van der Waals surface area contributed by atoms with Crippen molar-refractivity contribution in [3.8, 4) is 17.2 Å². The molecule has 3 aromatic carbocycles. The highest BCUT2D eigenvalue weighted by Crippen LogP contribution is 2.44. The first kappa shape index (κ1) is 28.1. The predicted molar refractivity (Wildman–Crippen MR) is 158 cm³/mol. The highest BCUT2D eigenvalue weighted by atomic mass is 127. The largest absolute Gasteiger partial charge is 0.508 e. The number of aromatic hydroxyl groups is 1. The van der Waals surface area contributed by atoms with E-state index in [1.165, 1.54) is 6.08 Å². The summed E-state index contributed by atoms with van der Waals surface area (Å²) in [7, 11) is 0. The molecular formula is C29H30IN3O6. The second-order valence-electron chi connectivity index (χ2n) is 9.69. The summed E-state index contributed by atoms with van der Waals surface area (Å²) >= 11 is 2.15. The maximum atomic E-state index is 13.0. The first-order valence-electron chi connectivity index (χ1n) is 12.3. The Bertz CT molecular complexity index is 1390. The summed E-state index contributed by atoms with van der Waals surface area (Å²) < 4.78 is 17.5. The van der Waals surface area contributed by atoms with Crippen LogP contribution in [0, 0.1) is 8.99 Å². The minimum Gasteiger partial charge on any atom is -0.508 e. The van der Waals surface area contributed by atoms with Gasteiger partial charge in [-0.25, -0.2) is 4.79 Å². The van der Waals surface area contributed by atoms with Crippen LogP contribution in [0.5, 0.6) is 17.2 Å². The maximum Gasteiger partial charge on any atom is 0.412 e. The topological polar surface area (TPSA) is 132 Å². The van der Waals surface area contributed by atoms with Gasteiger partial charge in [0.15, 0.2) is 11.5 Å². The molecule has 0 aliphatic carbocycles. The fourth-order valence-electron chi connectivity index (χ4n) is 4.17. The van der Waals surface area contributed by atoms with Crippen molar-refractivity contribution in [3.63, 3.8) is 0 Å². The molecule has 0 bridgehead atoms. The minimum atomic E-state index is -0.785. The van der Waals surface area contributed by atoms with Gasteiger partial charge in [-0.05, 0) is 84.0 Å². The van der Waals surface area contributed by atoms with Gasteiger partial charge in [0.2, 0.25) is 12.7 Å². The molecule has 39 heavy (non-hydrogen) atoms. The Hall–Kier alpha value is -3.93. The number of nitrogens with one attached hydrogen (secondary N) is 2. The number of amides is 2. The van der Waals surface area contributed by atoms with Crippen molar-refractivity contribution >= 4 is 51.7 Å². The number of rotatable bonds is 9. The number of nitrogens with two attached hydrogens (primary N) is 1. The summed E-state index contributed by atoms with van der Waals surface area (Å²) in [6, 6.07) is 17.2. The molecule has 1 aliphatic rings. The number of allylic oxidation sites excluding steroid dienone is 1. The van der Waals surface area contributed by atoms with Gasteiger partial charge in [-0.2, -0.15) is 0 Å². The van der Waals surface area contributed by atoms with E-state index >= 15 is 0 Å². The summed E-state index contributed by atoms with van der Waals surface area (Å²) in [5, 5.41) is 16.1. The van der Waals surface area contributed by atoms with Crippen LogP contribution in [0.2, 0.25) is 0 Å². The average Bonchev–Trinajstić information content (AvgIpc) is 3.36. The number of carbonyl (C=O) groups is 2. The Balaban J connectivity index is 1.45. The molecule has 9 nitrogen and oxygen atoms in total. The number of nitrogen functional groups attached to an aromatic ring is 1. The zero-order valence-corrected chi connectivity index (χ0v) is 23.7. The summed E-state index contributed by atoms with van der Waals surface area (Å²) in [4.78, 5) is 25.3. The molecule has 2 amide bonds. The van der Waals surface area contributed by atoms with Gasteiger partial charge < -0.3 is 30.4 Å². The van der Waals surface area contributed by atoms with Crippen LogP contribution >= 0.6 is 22.6 Å². The number of benzene rings is 3. The molecular weight excluding hydrogens is 613 g/mol. The normalized spacial score (nSPS) is 13.2. The number of ether oxygens (including phenoxy) is 3. The number of phenols is 1. The van der Waals surface area contributed by atoms with Crippen molar-refractivity contribution in [1.29, 1.82) is 0 Å². The fraction of sp³-hybridized carbons (Fsp3) is 0.241. The van der Waals surface area contributed by atoms with Gasteiger partial charge in [-0.15, -0.1) is 0 Å². The van der Waals surface area contributed by atoms with E-state index in [-0.39, 0.29) is 18.4 Å². The molecule has 0 fully saturated rings. The molecule has 0 saturated carbocycles. The molecule has 1 atom stereocenters. The number of hydrogen-bond acceptors (Lipinski definition) is 7. The highest BCUT2D eigenvalue weighted by Gasteiger charge is 2.36. The third-order valence-corrected chi connectivity index (χ3v) is 6.94. The van der Waals surface area contributed by atoms with Crippen LogP contribution in [0.25, 0.3) is 0 Å². The van der Waals surface area contributed by atoms with Crippen LogP contribution in [0.4, 0.5) is 21.9 Å². The number of halogens is 1. The minimum absolute atomic E-state index is 0.0275. The van der Waals surface area contributed by atoms with E-state index in [1.807, 2.05) is 13.8 Å². The van der Waals surface area contributed by atoms with Crippen LogP contribution in [-0.4, -0.2) is 23.9 Å². The monoisotopic (exact) mass is 643 g/mol. The summed E-state index contributed by atoms with van der Waals surface area (Å²) in [6.07, 6.45) is 2.83. The molecule has 204 valence electrons. The number of phenolic OH excluding ortho intramolecular Hbond substituents is 1. The van der Waals surface area contributed by atoms with Crippen molar-refractivity contribution in [2.75, 3.05) is 23.2 Å². The molecule has 4 rings (SSSR count). The van der Waals surface area contributed by atoms with Gasteiger partial charge in [0.1, 0.15) is 11.9 Å². The highest BCUT2D eigenvalue weighted by molar-refractivity contribution is 14.1. The van der Waals surface area contributed by atoms with E-state index in [4.69, 9.17) is 19.9 Å². The lowest BCUT2D eigenvalue weighted by Gasteiger charge is -2.34. The standard InChI is InChI=1S/C29H30IN3O6/c1-29(2,14-6-5-9-26(35)33-22-8-4-3-7-21(22)31)27(20-15-18(30)10-12-23(20)34)39-28(36)32-19-11-13-24-25(16-19)38-17-37-24/h3-5,7-13,15-16,27,34H,6,14,17,31H2,1-2H3,(H,32,36)(H,33,35)/b9-5+/t27-/m1/s1. The van der Waals surface area contributed by atoms with Crippen LogP contribution < -0.4 is 25.8 Å². The molecule has 1 aliphatic heterocycles. The van der Waals surface area contributed by atoms with Crippen molar-refractivity contribution in [2.24, 2.45) is 5.41 Å². The lowest BCUT2D eigenvalue weighted by atomic mass is 9.78. The fourth-order valence-corrected chi connectivity index (χ4v) is 4.69. The van der Waals surface area contributed by atoms with E-state index in [0.29, 0.717) is 47.0 Å². The van der Waals surface area contributed by atoms with Crippen LogP contribution in [0.1, 0.15) is 38.4 Å². The van der Waals surface area contributed by atoms with E-state index < -0.39 is 17.6 Å². The molecule has 0 spiro atoms. The van der Waals surface area contributed by atoms with Gasteiger partial charge in [-0.1, -0.05) is 32.1 Å². The van der Waals surface area contributed by atoms with Gasteiger partial charge in [-0.3, -0.25) is 10.1 Å². The van der Waals surface area contributed by atoms with E-state index in [0.717, 1.165) is 3.57 Å². The third-order valence-electron chi connectivity index (χ3n) is 6.27. The van der Waals surface area contributed by atoms with E-state index in [9.17, 15) is 14.7 Å². The SMILES string of the molecule is CC(C)(CC/C=C/C(=O)Nc1ccccc1N)[C@H](OC(=O)Nc1ccc2c(c1)OCO2)c1cc(I)ccc1O. The maximum absolute atomic E-state index is 13.0. The first-order chi connectivity index (χ1) is 18.6. The number of hydrogen-bond donors (Lipinski definition) is 4. The molecule has 3 aromatic rings. The number of anilines is 3. The van der Waals surface area contributed by atoms with Gasteiger partial charge in [0.25, 0.3) is 0 Å². The van der Waals surface area contributed by atoms with Crippen LogP contribution in [0.3, 0.4) is 0 Å². The van der Waals surface area contributed by atoms with Crippen LogP contribution in [-0.2, 0) is 9.53 Å². The average molecular weight is 643 g/mol. The number of para-hydroxylation sites is 2. The zero-order chi connectivity index (χ0) is 28.0. The smallest absolute Gasteiger partial charge is 0.412 e. The Morgan fingerprint density at radius 3 is 2.67 bits per heavy atom. The summed E-state index contributed by atoms with van der Waals surface area (Å²) in [5.74, 6) is 0.869. The summed E-state index contributed by atoms with van der Waals surface area (Å²) in [6.45, 7) is 4.02. The zero-order valence-electron chi connectivity index (χ0n) is 21.6. The van der Waals surface area contributed by atoms with Crippen molar-refractivity contribution in [1.82, 2.24) is 0 Å². The third kappa shape index (κ3) is 7.34. The van der Waals surface area contributed by atoms with E-state index in [1.54, 1.807) is 66.7 Å². The van der Waals surface area contributed by atoms with Gasteiger partial charge >= 0.3 is 6.09 Å². The Morgan fingerprint density at radius 1 is 1.10 bits per heavy atom. The summed E-state index contributed by atoms with van der Waals surface area (Å²) in [5.41, 5.74) is 7.28. The first-order valence-corrected chi connectivity index (χ1v) is 13.4. The molecule has 0 radical (unpaired) electrons. The molecule has 0 saturated heterocycles. The van der Waals surface area contributed by atoms with Crippen molar-refractivity contribution in [2.45, 2.75) is 32.8 Å². The quantitative estimate of drug-likeness (QED) is 0.117. The van der Waals surface area contributed by atoms with Crippen molar-refractivity contribution in [3.05, 3.63) is 81.9 Å². The van der Waals surface area contributed by atoms with Crippen LogP contribution in [0.15, 0.2) is 72.8 Å². The van der Waals surface area contributed by atoms with Gasteiger partial charge in [0, 0.05) is 26.3 Å². The number of fused-ring (bicyclic) bond motifs is 1. The molecule has 0 unspecified atom stereocenters. The van der Waals surface area contributed by atoms with Gasteiger partial charge in [0.05, 0.1) is 11.4 Å². The van der Waals surface area contributed by atoms with Crippen molar-refractivity contribution < 1.29 is 28.9 Å². The predicted octanol–water partition coefficient (Wildman–Crippen LogP) is 6.60. The Labute approximate surface area is 240 Å².